The Labute approximate surface area is 117 Å². The Morgan fingerprint density at radius 1 is 1.50 bits per heavy atom. The molecular formula is C15H16N4O. The molecule has 2 aromatic rings. The molecule has 0 radical (unpaired) electrons. The van der Waals surface area contributed by atoms with Gasteiger partial charge in [0.05, 0.1) is 5.69 Å². The summed E-state index contributed by atoms with van der Waals surface area (Å²) in [5.74, 6) is 1.16. The monoisotopic (exact) mass is 268 g/mol. The van der Waals surface area contributed by atoms with Gasteiger partial charge in [0.1, 0.15) is 5.82 Å². The second kappa shape index (κ2) is 4.92. The summed E-state index contributed by atoms with van der Waals surface area (Å²) in [6.45, 7) is 4.45. The van der Waals surface area contributed by atoms with Crippen LogP contribution in [0.1, 0.15) is 6.42 Å². The van der Waals surface area contributed by atoms with E-state index in [1.54, 1.807) is 22.0 Å². The highest BCUT2D eigenvalue weighted by molar-refractivity contribution is 5.95. The number of carbonyl (C=O) groups is 1. The molecule has 1 amide bonds. The van der Waals surface area contributed by atoms with Crippen molar-refractivity contribution in [3.05, 3.63) is 43.2 Å². The number of hydrogen-bond donors (Lipinski definition) is 0. The third kappa shape index (κ3) is 2.11. The lowest BCUT2D eigenvalue weighted by atomic mass is 10.1. The predicted molar refractivity (Wildman–Crippen MR) is 77.1 cm³/mol. The maximum atomic E-state index is 12.1. The molecule has 0 bridgehead atoms. The van der Waals surface area contributed by atoms with E-state index in [0.717, 1.165) is 17.1 Å². The Morgan fingerprint density at radius 2 is 2.35 bits per heavy atom. The lowest BCUT2D eigenvalue weighted by Crippen LogP contribution is -2.26. The van der Waals surface area contributed by atoms with Crippen LogP contribution in [0.15, 0.2) is 43.2 Å². The van der Waals surface area contributed by atoms with E-state index in [1.807, 2.05) is 31.3 Å². The Balaban J connectivity index is 1.94. The van der Waals surface area contributed by atoms with Gasteiger partial charge in [-0.05, 0) is 12.1 Å². The highest BCUT2D eigenvalue weighted by Gasteiger charge is 2.30. The van der Waals surface area contributed by atoms with Crippen LogP contribution in [0.25, 0.3) is 11.3 Å². The first kappa shape index (κ1) is 12.6. The zero-order valence-electron chi connectivity index (χ0n) is 11.4. The van der Waals surface area contributed by atoms with Gasteiger partial charge in [-0.1, -0.05) is 6.08 Å². The number of rotatable bonds is 3. The van der Waals surface area contributed by atoms with E-state index in [2.05, 4.69) is 16.7 Å². The number of anilines is 1. The molecule has 1 aliphatic rings. The highest BCUT2D eigenvalue weighted by atomic mass is 16.2. The molecule has 0 N–H and O–H groups in total. The fraction of sp³-hybridized carbons (Fsp3) is 0.267. The van der Waals surface area contributed by atoms with Gasteiger partial charge >= 0.3 is 0 Å². The van der Waals surface area contributed by atoms with Crippen molar-refractivity contribution in [2.24, 2.45) is 13.0 Å². The van der Waals surface area contributed by atoms with Crippen molar-refractivity contribution >= 4 is 11.7 Å². The molecular weight excluding hydrogens is 252 g/mol. The van der Waals surface area contributed by atoms with Gasteiger partial charge in [0.25, 0.3) is 0 Å². The summed E-state index contributed by atoms with van der Waals surface area (Å²) < 4.78 is 1.74. The first-order chi connectivity index (χ1) is 9.69. The minimum Gasteiger partial charge on any atom is -0.296 e. The summed E-state index contributed by atoms with van der Waals surface area (Å²) >= 11 is 0. The number of hydrogen-bond acceptors (Lipinski definition) is 3. The number of carbonyl (C=O) groups excluding carboxylic acids is 1. The van der Waals surface area contributed by atoms with E-state index in [-0.39, 0.29) is 11.8 Å². The number of aryl methyl sites for hydroxylation is 1. The molecule has 1 unspecified atom stereocenters. The Kier molecular flexibility index (Phi) is 3.10. The quantitative estimate of drug-likeness (QED) is 0.800. The van der Waals surface area contributed by atoms with Gasteiger partial charge in [-0.3, -0.25) is 19.4 Å². The van der Waals surface area contributed by atoms with Gasteiger partial charge in [0, 0.05) is 50.0 Å². The van der Waals surface area contributed by atoms with E-state index < -0.39 is 0 Å². The van der Waals surface area contributed by atoms with Crippen LogP contribution in [0.5, 0.6) is 0 Å². The Morgan fingerprint density at radius 3 is 3.00 bits per heavy atom. The lowest BCUT2D eigenvalue weighted by molar-refractivity contribution is -0.117. The van der Waals surface area contributed by atoms with Crippen molar-refractivity contribution in [3.8, 4) is 11.3 Å². The van der Waals surface area contributed by atoms with E-state index in [9.17, 15) is 4.79 Å². The first-order valence-corrected chi connectivity index (χ1v) is 6.56. The highest BCUT2D eigenvalue weighted by Crippen LogP contribution is 2.28. The van der Waals surface area contributed by atoms with Crippen LogP contribution in [0.4, 0.5) is 5.82 Å². The van der Waals surface area contributed by atoms with Crippen molar-refractivity contribution in [1.82, 2.24) is 14.8 Å². The van der Waals surface area contributed by atoms with Crippen LogP contribution in [0, 0.1) is 5.92 Å². The van der Waals surface area contributed by atoms with E-state index in [1.165, 1.54) is 0 Å². The minimum absolute atomic E-state index is 0.121. The van der Waals surface area contributed by atoms with Crippen molar-refractivity contribution in [2.45, 2.75) is 6.42 Å². The Hall–Kier alpha value is -2.43. The summed E-state index contributed by atoms with van der Waals surface area (Å²) in [7, 11) is 1.85. The van der Waals surface area contributed by atoms with Crippen molar-refractivity contribution in [3.63, 3.8) is 0 Å². The van der Waals surface area contributed by atoms with Gasteiger partial charge in [0.2, 0.25) is 5.91 Å². The maximum absolute atomic E-state index is 12.1. The van der Waals surface area contributed by atoms with Crippen LogP contribution >= 0.6 is 0 Å². The smallest absolute Gasteiger partial charge is 0.228 e. The second-order valence-electron chi connectivity index (χ2n) is 4.96. The first-order valence-electron chi connectivity index (χ1n) is 6.56. The maximum Gasteiger partial charge on any atom is 0.228 e. The standard InChI is InChI=1S/C15H16N4O/c1-3-11-7-15(20)19(10-11)14-8-13(17-18(14)2)12-5-4-6-16-9-12/h3-6,8-9,11H,1,7,10H2,2H3. The summed E-state index contributed by atoms with van der Waals surface area (Å²) in [6, 6.07) is 5.76. The molecule has 0 saturated carbocycles. The molecule has 3 rings (SSSR count). The number of aromatic nitrogens is 3. The molecule has 1 aliphatic heterocycles. The molecule has 2 aromatic heterocycles. The van der Waals surface area contributed by atoms with E-state index in [4.69, 9.17) is 0 Å². The summed E-state index contributed by atoms with van der Waals surface area (Å²) in [5, 5.41) is 4.47. The molecule has 20 heavy (non-hydrogen) atoms. The van der Waals surface area contributed by atoms with E-state index in [0.29, 0.717) is 13.0 Å². The zero-order valence-corrected chi connectivity index (χ0v) is 11.4. The number of nitrogens with zero attached hydrogens (tertiary/aromatic N) is 4. The molecule has 1 saturated heterocycles. The van der Waals surface area contributed by atoms with Gasteiger partial charge in [-0.25, -0.2) is 0 Å². The fourth-order valence-electron chi connectivity index (χ4n) is 2.48. The summed E-state index contributed by atoms with van der Waals surface area (Å²) in [6.07, 6.45) is 5.86. The topological polar surface area (TPSA) is 51.0 Å². The lowest BCUT2D eigenvalue weighted by Gasteiger charge is -2.15. The Bertz CT molecular complexity index is 647. The summed E-state index contributed by atoms with van der Waals surface area (Å²) in [4.78, 5) is 17.9. The van der Waals surface area contributed by atoms with Crippen LogP contribution in [-0.2, 0) is 11.8 Å². The average molecular weight is 268 g/mol. The van der Waals surface area contributed by atoms with Crippen molar-refractivity contribution < 1.29 is 4.79 Å². The number of amides is 1. The minimum atomic E-state index is 0.121. The molecule has 3 heterocycles. The molecule has 0 aromatic carbocycles. The summed E-state index contributed by atoms with van der Waals surface area (Å²) in [5.41, 5.74) is 1.77. The normalized spacial score (nSPS) is 18.6. The average Bonchev–Trinajstić information content (AvgIpc) is 3.02. The van der Waals surface area contributed by atoms with Crippen molar-refractivity contribution in [2.75, 3.05) is 11.4 Å². The molecule has 0 aliphatic carbocycles. The molecule has 5 heteroatoms. The van der Waals surface area contributed by atoms with Gasteiger partial charge in [-0.15, -0.1) is 6.58 Å². The third-order valence-electron chi connectivity index (χ3n) is 3.58. The largest absolute Gasteiger partial charge is 0.296 e. The van der Waals surface area contributed by atoms with Gasteiger partial charge in [0.15, 0.2) is 0 Å². The van der Waals surface area contributed by atoms with Crippen LogP contribution in [0.2, 0.25) is 0 Å². The fourth-order valence-corrected chi connectivity index (χ4v) is 2.48. The van der Waals surface area contributed by atoms with Gasteiger partial charge < -0.3 is 0 Å². The predicted octanol–water partition coefficient (Wildman–Crippen LogP) is 2.02. The zero-order chi connectivity index (χ0) is 14.1. The molecule has 102 valence electrons. The molecule has 1 fully saturated rings. The van der Waals surface area contributed by atoms with Crippen molar-refractivity contribution in [1.29, 1.82) is 0 Å². The van der Waals surface area contributed by atoms with E-state index >= 15 is 0 Å². The number of pyridine rings is 1. The molecule has 1 atom stereocenters. The van der Waals surface area contributed by atoms with Gasteiger partial charge in [-0.2, -0.15) is 5.10 Å². The van der Waals surface area contributed by atoms with Crippen LogP contribution in [0.3, 0.4) is 0 Å². The SMILES string of the molecule is C=CC1CC(=O)N(c2cc(-c3cccnc3)nn2C)C1. The third-order valence-corrected chi connectivity index (χ3v) is 3.58. The molecule has 0 spiro atoms. The van der Waals surface area contributed by atoms with Crippen LogP contribution in [-0.4, -0.2) is 27.2 Å². The second-order valence-corrected chi connectivity index (χ2v) is 4.96. The molecule has 5 nitrogen and oxygen atoms in total. The van der Waals surface area contributed by atoms with Crippen LogP contribution < -0.4 is 4.90 Å².